The molecule has 0 spiro atoms. The number of anilines is 3. The summed E-state index contributed by atoms with van der Waals surface area (Å²) in [5.74, 6) is -0.251. The van der Waals surface area contributed by atoms with Crippen LogP contribution in [0.25, 0.3) is 66.1 Å². The van der Waals surface area contributed by atoms with Crippen molar-refractivity contribution in [2.45, 2.75) is 19.3 Å². The molecule has 1 aliphatic carbocycles. The third kappa shape index (κ3) is 4.55. The molecule has 0 bridgehead atoms. The SMILES string of the molecule is CC1(C)c2ccccc2-c2ccc(N(c3cccc4c5ccccc5n(-c5ccccc5)c34)c3cccc4c5cc(F)ccc5n(-c5ccccc5)c34)cc21. The van der Waals surface area contributed by atoms with Crippen LogP contribution in [0.3, 0.4) is 0 Å². The van der Waals surface area contributed by atoms with E-state index in [-0.39, 0.29) is 11.2 Å². The van der Waals surface area contributed by atoms with Crippen LogP contribution in [-0.4, -0.2) is 9.13 Å². The molecule has 55 heavy (non-hydrogen) atoms. The van der Waals surface area contributed by atoms with E-state index >= 15 is 4.39 Å². The Hall–Kier alpha value is -6.91. The van der Waals surface area contributed by atoms with Gasteiger partial charge in [0, 0.05) is 44.0 Å². The minimum Gasteiger partial charge on any atom is -0.307 e. The number of nitrogens with zero attached hydrogens (tertiary/aromatic N) is 3. The summed E-state index contributed by atoms with van der Waals surface area (Å²) in [5.41, 5.74) is 14.5. The third-order valence-electron chi connectivity index (χ3n) is 11.7. The summed E-state index contributed by atoms with van der Waals surface area (Å²) in [6.45, 7) is 4.67. The predicted molar refractivity (Wildman–Crippen MR) is 227 cm³/mol. The number of aromatic nitrogens is 2. The van der Waals surface area contributed by atoms with Crippen LogP contribution in [0.2, 0.25) is 0 Å². The van der Waals surface area contributed by atoms with Crippen LogP contribution in [0.5, 0.6) is 0 Å². The van der Waals surface area contributed by atoms with Crippen LogP contribution in [-0.2, 0) is 5.41 Å². The summed E-state index contributed by atoms with van der Waals surface area (Å²) >= 11 is 0. The van der Waals surface area contributed by atoms with Crippen molar-refractivity contribution in [3.05, 3.63) is 199 Å². The maximum atomic E-state index is 15.1. The topological polar surface area (TPSA) is 13.1 Å². The molecule has 10 aromatic rings. The molecule has 11 rings (SSSR count). The van der Waals surface area contributed by atoms with Crippen LogP contribution in [0.1, 0.15) is 25.0 Å². The van der Waals surface area contributed by atoms with Gasteiger partial charge in [-0.05, 0) is 95.1 Å². The van der Waals surface area contributed by atoms with E-state index < -0.39 is 0 Å². The van der Waals surface area contributed by atoms with Gasteiger partial charge >= 0.3 is 0 Å². The average Bonchev–Trinajstić information content (AvgIpc) is 3.82. The lowest BCUT2D eigenvalue weighted by Crippen LogP contribution is -2.17. The van der Waals surface area contributed by atoms with Crippen molar-refractivity contribution in [1.82, 2.24) is 9.13 Å². The van der Waals surface area contributed by atoms with Crippen molar-refractivity contribution in [2.75, 3.05) is 4.90 Å². The van der Waals surface area contributed by atoms with Gasteiger partial charge < -0.3 is 14.0 Å². The molecular weight excluding hydrogens is 674 g/mol. The number of halogens is 1. The van der Waals surface area contributed by atoms with Crippen LogP contribution in [0, 0.1) is 5.82 Å². The number of hydrogen-bond donors (Lipinski definition) is 0. The second-order valence-corrected chi connectivity index (χ2v) is 15.1. The zero-order chi connectivity index (χ0) is 36.8. The molecule has 0 atom stereocenters. The van der Waals surface area contributed by atoms with Crippen molar-refractivity contribution in [3.8, 4) is 22.5 Å². The van der Waals surface area contributed by atoms with Crippen molar-refractivity contribution in [1.29, 1.82) is 0 Å². The number of para-hydroxylation sites is 5. The maximum Gasteiger partial charge on any atom is 0.123 e. The minimum absolute atomic E-state index is 0.193. The van der Waals surface area contributed by atoms with E-state index in [0.29, 0.717) is 0 Å². The quantitative estimate of drug-likeness (QED) is 0.173. The second kappa shape index (κ2) is 11.8. The lowest BCUT2D eigenvalue weighted by Gasteiger charge is -2.30. The number of benzene rings is 8. The van der Waals surface area contributed by atoms with Gasteiger partial charge in [-0.15, -0.1) is 0 Å². The Morgan fingerprint density at radius 2 is 0.982 bits per heavy atom. The summed E-state index contributed by atoms with van der Waals surface area (Å²) in [4.78, 5) is 2.44. The highest BCUT2D eigenvalue weighted by Crippen LogP contribution is 2.52. The van der Waals surface area contributed by atoms with Crippen molar-refractivity contribution in [2.24, 2.45) is 0 Å². The molecule has 8 aromatic carbocycles. The van der Waals surface area contributed by atoms with E-state index in [4.69, 9.17) is 0 Å². The van der Waals surface area contributed by atoms with Crippen LogP contribution >= 0.6 is 0 Å². The fourth-order valence-corrected chi connectivity index (χ4v) is 9.31. The van der Waals surface area contributed by atoms with Crippen molar-refractivity contribution in [3.63, 3.8) is 0 Å². The predicted octanol–water partition coefficient (Wildman–Crippen LogP) is 13.8. The molecule has 0 aliphatic heterocycles. The standard InChI is InChI=1S/C51H36FN3/c1-51(2)43-23-11-9-19-37(43)38-29-28-36(32-44(38)51)53(47-25-13-21-40-39-20-10-12-24-45(39)54(49(40)47)34-15-5-3-6-16-34)48-26-14-22-41-42-31-33(52)27-30-46(42)55(50(41)48)35-17-7-4-8-18-35/h3-32H,1-2H3. The largest absolute Gasteiger partial charge is 0.307 e. The fraction of sp³-hybridized carbons (Fsp3) is 0.0588. The molecule has 3 nitrogen and oxygen atoms in total. The molecule has 0 saturated heterocycles. The summed E-state index contributed by atoms with van der Waals surface area (Å²) in [5, 5.41) is 4.24. The molecule has 0 amide bonds. The van der Waals surface area contributed by atoms with Gasteiger partial charge in [0.2, 0.25) is 0 Å². The lowest BCUT2D eigenvalue weighted by molar-refractivity contribution is 0.629. The zero-order valence-corrected chi connectivity index (χ0v) is 30.5. The van der Waals surface area contributed by atoms with Gasteiger partial charge in [0.1, 0.15) is 5.82 Å². The van der Waals surface area contributed by atoms with Gasteiger partial charge in [-0.25, -0.2) is 4.39 Å². The molecule has 0 fully saturated rings. The van der Waals surface area contributed by atoms with E-state index in [1.165, 1.54) is 33.0 Å². The van der Waals surface area contributed by atoms with Crippen LogP contribution < -0.4 is 4.90 Å². The first-order valence-corrected chi connectivity index (χ1v) is 18.9. The maximum absolute atomic E-state index is 15.1. The molecule has 0 saturated carbocycles. The number of hydrogen-bond acceptors (Lipinski definition) is 1. The summed E-state index contributed by atoms with van der Waals surface area (Å²) in [6, 6.07) is 63.9. The van der Waals surface area contributed by atoms with E-state index in [0.717, 1.165) is 61.3 Å². The highest BCUT2D eigenvalue weighted by atomic mass is 19.1. The molecule has 4 heteroatoms. The van der Waals surface area contributed by atoms with E-state index in [1.54, 1.807) is 12.1 Å². The number of rotatable bonds is 5. The van der Waals surface area contributed by atoms with E-state index in [1.807, 2.05) is 12.1 Å². The van der Waals surface area contributed by atoms with Crippen LogP contribution in [0.4, 0.5) is 21.5 Å². The van der Waals surface area contributed by atoms with Gasteiger partial charge in [-0.3, -0.25) is 0 Å². The van der Waals surface area contributed by atoms with Gasteiger partial charge in [0.25, 0.3) is 0 Å². The first kappa shape index (κ1) is 31.6. The monoisotopic (exact) mass is 709 g/mol. The Balaban J connectivity index is 1.30. The Morgan fingerprint density at radius 1 is 0.436 bits per heavy atom. The van der Waals surface area contributed by atoms with Crippen LogP contribution in [0.15, 0.2) is 182 Å². The Morgan fingerprint density at radius 3 is 1.67 bits per heavy atom. The summed E-state index contributed by atoms with van der Waals surface area (Å²) in [7, 11) is 0. The molecule has 2 aromatic heterocycles. The summed E-state index contributed by atoms with van der Waals surface area (Å²) in [6.07, 6.45) is 0. The Labute approximate surface area is 318 Å². The first-order valence-electron chi connectivity index (χ1n) is 18.9. The van der Waals surface area contributed by atoms with Gasteiger partial charge in [-0.1, -0.05) is 123 Å². The molecule has 0 N–H and O–H groups in total. The minimum atomic E-state index is -0.251. The Bertz CT molecular complexity index is 3130. The fourth-order valence-electron chi connectivity index (χ4n) is 9.31. The lowest BCUT2D eigenvalue weighted by atomic mass is 9.82. The molecule has 2 heterocycles. The smallest absolute Gasteiger partial charge is 0.123 e. The molecule has 1 aliphatic rings. The van der Waals surface area contributed by atoms with E-state index in [9.17, 15) is 0 Å². The number of fused-ring (bicyclic) bond motifs is 9. The second-order valence-electron chi connectivity index (χ2n) is 15.1. The highest BCUT2D eigenvalue weighted by Gasteiger charge is 2.36. The average molecular weight is 710 g/mol. The van der Waals surface area contributed by atoms with Crippen molar-refractivity contribution < 1.29 is 4.39 Å². The third-order valence-corrected chi connectivity index (χ3v) is 11.7. The molecule has 262 valence electrons. The van der Waals surface area contributed by atoms with Gasteiger partial charge in [-0.2, -0.15) is 0 Å². The molecular formula is C51H36FN3. The normalized spacial score (nSPS) is 13.1. The Kier molecular flexibility index (Phi) is 6.78. The van der Waals surface area contributed by atoms with Crippen molar-refractivity contribution >= 4 is 60.7 Å². The van der Waals surface area contributed by atoms with Gasteiger partial charge in [0.05, 0.1) is 33.4 Å². The molecule has 0 radical (unpaired) electrons. The van der Waals surface area contributed by atoms with E-state index in [2.05, 4.69) is 186 Å². The summed E-state index contributed by atoms with van der Waals surface area (Å²) < 4.78 is 19.8. The molecule has 0 unspecified atom stereocenters. The first-order chi connectivity index (χ1) is 27.0. The van der Waals surface area contributed by atoms with Gasteiger partial charge in [0.15, 0.2) is 0 Å². The zero-order valence-electron chi connectivity index (χ0n) is 30.5. The highest BCUT2D eigenvalue weighted by molar-refractivity contribution is 6.18.